The SMILES string of the molecule is CC(C)(C)C1[CH-]CCC1.[Li+]. The second kappa shape index (κ2) is 3.84. The van der Waals surface area contributed by atoms with Crippen molar-refractivity contribution in [3.05, 3.63) is 6.42 Å². The Morgan fingerprint density at radius 2 is 1.90 bits per heavy atom. The first-order valence-electron chi connectivity index (χ1n) is 3.94. The first-order chi connectivity index (χ1) is 4.11. The van der Waals surface area contributed by atoms with E-state index in [0.29, 0.717) is 5.41 Å². The summed E-state index contributed by atoms with van der Waals surface area (Å²) in [6.07, 6.45) is 6.67. The van der Waals surface area contributed by atoms with E-state index >= 15 is 0 Å². The van der Waals surface area contributed by atoms with Crippen LogP contribution in [-0.4, -0.2) is 0 Å². The Morgan fingerprint density at radius 1 is 1.30 bits per heavy atom. The van der Waals surface area contributed by atoms with Crippen molar-refractivity contribution in [2.24, 2.45) is 11.3 Å². The monoisotopic (exact) mass is 132 g/mol. The molecule has 0 bridgehead atoms. The predicted molar refractivity (Wildman–Crippen MR) is 41.1 cm³/mol. The molecule has 0 nitrogen and oxygen atoms in total. The smallest absolute Gasteiger partial charge is 0.325 e. The third kappa shape index (κ3) is 2.68. The van der Waals surface area contributed by atoms with Gasteiger partial charge in [0.15, 0.2) is 0 Å². The van der Waals surface area contributed by atoms with E-state index in [2.05, 4.69) is 27.2 Å². The van der Waals surface area contributed by atoms with Gasteiger partial charge in [0.05, 0.1) is 0 Å². The zero-order valence-electron chi connectivity index (χ0n) is 7.78. The Balaban J connectivity index is 0.000000810. The molecule has 0 amide bonds. The van der Waals surface area contributed by atoms with Gasteiger partial charge >= 0.3 is 18.9 Å². The maximum Gasteiger partial charge on any atom is 1.00 e. The minimum absolute atomic E-state index is 0. The molecule has 1 fully saturated rings. The summed E-state index contributed by atoms with van der Waals surface area (Å²) in [6, 6.07) is 0. The Kier molecular flexibility index (Phi) is 4.07. The fourth-order valence-corrected chi connectivity index (χ4v) is 1.56. The zero-order valence-corrected chi connectivity index (χ0v) is 7.78. The molecule has 0 radical (unpaired) electrons. The molecule has 1 atom stereocenters. The van der Waals surface area contributed by atoms with E-state index in [9.17, 15) is 0 Å². The molecule has 0 saturated heterocycles. The molecule has 1 saturated carbocycles. The molecule has 10 heavy (non-hydrogen) atoms. The Morgan fingerprint density at radius 3 is 2.10 bits per heavy atom. The average Bonchev–Trinajstić information content (AvgIpc) is 2.08. The van der Waals surface area contributed by atoms with E-state index in [1.54, 1.807) is 0 Å². The standard InChI is InChI=1S/C9H17.Li/c1-9(2,3)8-6-4-5-7-8;/h6,8H,4-5,7H2,1-3H3;/q-1;+1. The van der Waals surface area contributed by atoms with Gasteiger partial charge in [-0.1, -0.05) is 39.0 Å². The van der Waals surface area contributed by atoms with Gasteiger partial charge in [-0.25, -0.2) is 0 Å². The fraction of sp³-hybridized carbons (Fsp3) is 0.889. The molecule has 0 aromatic carbocycles. The largest absolute Gasteiger partial charge is 1.00 e. The summed E-state index contributed by atoms with van der Waals surface area (Å²) in [6.45, 7) is 7.00. The molecule has 0 aliphatic heterocycles. The number of rotatable bonds is 0. The van der Waals surface area contributed by atoms with E-state index in [0.717, 1.165) is 5.92 Å². The molecule has 0 aromatic heterocycles. The Labute approximate surface area is 77.0 Å². The third-order valence-electron chi connectivity index (χ3n) is 2.28. The van der Waals surface area contributed by atoms with Gasteiger partial charge in [-0.05, 0) is 0 Å². The molecule has 1 aliphatic carbocycles. The summed E-state index contributed by atoms with van der Waals surface area (Å²) in [7, 11) is 0. The summed E-state index contributed by atoms with van der Waals surface area (Å²) in [5, 5.41) is 0. The molecule has 1 unspecified atom stereocenters. The maximum atomic E-state index is 2.49. The molecule has 1 aliphatic rings. The van der Waals surface area contributed by atoms with Crippen molar-refractivity contribution in [1.82, 2.24) is 0 Å². The number of hydrogen-bond acceptors (Lipinski definition) is 0. The predicted octanol–water partition coefficient (Wildman–Crippen LogP) is 0.0409. The van der Waals surface area contributed by atoms with Crippen LogP contribution < -0.4 is 18.9 Å². The van der Waals surface area contributed by atoms with Gasteiger partial charge in [0, 0.05) is 0 Å². The van der Waals surface area contributed by atoms with Crippen molar-refractivity contribution in [2.75, 3.05) is 0 Å². The van der Waals surface area contributed by atoms with Crippen LogP contribution in [0, 0.1) is 17.8 Å². The summed E-state index contributed by atoms with van der Waals surface area (Å²) in [5.74, 6) is 0.887. The van der Waals surface area contributed by atoms with Crippen molar-refractivity contribution in [2.45, 2.75) is 40.0 Å². The second-order valence-electron chi connectivity index (χ2n) is 4.14. The van der Waals surface area contributed by atoms with E-state index in [1.165, 1.54) is 19.3 Å². The van der Waals surface area contributed by atoms with E-state index < -0.39 is 0 Å². The molecular formula is C9H17Li. The zero-order chi connectivity index (χ0) is 6.91. The van der Waals surface area contributed by atoms with Gasteiger partial charge in [-0.15, -0.1) is 0 Å². The molecule has 1 heteroatoms. The quantitative estimate of drug-likeness (QED) is 0.322. The van der Waals surface area contributed by atoms with Crippen LogP contribution in [-0.2, 0) is 0 Å². The number of hydrogen-bond donors (Lipinski definition) is 0. The molecule has 54 valence electrons. The second-order valence-corrected chi connectivity index (χ2v) is 4.14. The molecule has 1 rings (SSSR count). The normalized spacial score (nSPS) is 26.1. The molecule has 0 spiro atoms. The van der Waals surface area contributed by atoms with Crippen LogP contribution in [0.2, 0.25) is 0 Å². The van der Waals surface area contributed by atoms with Crippen molar-refractivity contribution >= 4 is 0 Å². The van der Waals surface area contributed by atoms with Crippen LogP contribution in [0.3, 0.4) is 0 Å². The van der Waals surface area contributed by atoms with Gasteiger partial charge in [0.1, 0.15) is 0 Å². The molecule has 0 heterocycles. The van der Waals surface area contributed by atoms with Crippen LogP contribution in [0.15, 0.2) is 0 Å². The Bertz CT molecular complexity index is 85.4. The Hall–Kier alpha value is 0.597. The molecule has 0 N–H and O–H groups in total. The maximum absolute atomic E-state index is 2.49. The summed E-state index contributed by atoms with van der Waals surface area (Å²) in [4.78, 5) is 0. The third-order valence-corrected chi connectivity index (χ3v) is 2.28. The van der Waals surface area contributed by atoms with Gasteiger partial charge in [0.25, 0.3) is 0 Å². The fourth-order valence-electron chi connectivity index (χ4n) is 1.56. The topological polar surface area (TPSA) is 0 Å². The van der Waals surface area contributed by atoms with Crippen LogP contribution in [0.25, 0.3) is 0 Å². The van der Waals surface area contributed by atoms with Gasteiger partial charge in [0.2, 0.25) is 0 Å². The minimum Gasteiger partial charge on any atom is -0.325 e. The summed E-state index contributed by atoms with van der Waals surface area (Å²) in [5.41, 5.74) is 0.524. The van der Waals surface area contributed by atoms with Crippen LogP contribution in [0.1, 0.15) is 40.0 Å². The van der Waals surface area contributed by atoms with Gasteiger partial charge in [-0.2, -0.15) is 12.3 Å². The summed E-state index contributed by atoms with van der Waals surface area (Å²) >= 11 is 0. The molecular weight excluding hydrogens is 115 g/mol. The van der Waals surface area contributed by atoms with Crippen molar-refractivity contribution in [1.29, 1.82) is 0 Å². The van der Waals surface area contributed by atoms with Gasteiger partial charge in [-0.3, -0.25) is 0 Å². The van der Waals surface area contributed by atoms with Crippen molar-refractivity contribution in [3.63, 3.8) is 0 Å². The minimum atomic E-state index is 0. The first kappa shape index (κ1) is 10.6. The van der Waals surface area contributed by atoms with Gasteiger partial charge < -0.3 is 6.42 Å². The summed E-state index contributed by atoms with van der Waals surface area (Å²) < 4.78 is 0. The van der Waals surface area contributed by atoms with Crippen molar-refractivity contribution in [3.8, 4) is 0 Å². The van der Waals surface area contributed by atoms with E-state index in [-0.39, 0.29) is 18.9 Å². The molecule has 0 aromatic rings. The average molecular weight is 132 g/mol. The van der Waals surface area contributed by atoms with Crippen LogP contribution in [0.5, 0.6) is 0 Å². The van der Waals surface area contributed by atoms with E-state index in [1.807, 2.05) is 0 Å². The van der Waals surface area contributed by atoms with Crippen LogP contribution in [0.4, 0.5) is 0 Å². The first-order valence-corrected chi connectivity index (χ1v) is 3.94. The van der Waals surface area contributed by atoms with Crippen LogP contribution >= 0.6 is 0 Å². The van der Waals surface area contributed by atoms with Crippen molar-refractivity contribution < 1.29 is 18.9 Å². The van der Waals surface area contributed by atoms with E-state index in [4.69, 9.17) is 0 Å².